The fourth-order valence-corrected chi connectivity index (χ4v) is 3.66. The van der Waals surface area contributed by atoms with Crippen molar-refractivity contribution in [1.29, 1.82) is 0 Å². The van der Waals surface area contributed by atoms with E-state index in [9.17, 15) is 4.79 Å². The van der Waals surface area contributed by atoms with Crippen molar-refractivity contribution in [2.45, 2.75) is 45.1 Å². The van der Waals surface area contributed by atoms with Gasteiger partial charge < -0.3 is 5.32 Å². The van der Waals surface area contributed by atoms with E-state index in [0.717, 1.165) is 11.4 Å². The van der Waals surface area contributed by atoms with Crippen LogP contribution >= 0.6 is 11.3 Å². The molecular weight excluding hydrogens is 292 g/mol. The molecule has 3 rings (SSSR count). The minimum absolute atomic E-state index is 0.0622. The number of thiophene rings is 1. The van der Waals surface area contributed by atoms with Gasteiger partial charge in [-0.3, -0.25) is 5.32 Å². The van der Waals surface area contributed by atoms with E-state index in [4.69, 9.17) is 0 Å². The molecule has 2 amide bonds. The van der Waals surface area contributed by atoms with Crippen LogP contribution in [0.2, 0.25) is 0 Å². The SMILES string of the molecule is CCC(NC(=O)Nc1cccs1)c1ccc2c(c1)CCCC2. The van der Waals surface area contributed by atoms with Gasteiger partial charge in [0, 0.05) is 0 Å². The predicted molar refractivity (Wildman–Crippen MR) is 92.6 cm³/mol. The van der Waals surface area contributed by atoms with Gasteiger partial charge in [-0.2, -0.15) is 0 Å². The Balaban J connectivity index is 1.69. The molecule has 1 aliphatic carbocycles. The molecule has 0 radical (unpaired) electrons. The number of fused-ring (bicyclic) bond motifs is 1. The van der Waals surface area contributed by atoms with E-state index < -0.39 is 0 Å². The highest BCUT2D eigenvalue weighted by molar-refractivity contribution is 7.14. The van der Waals surface area contributed by atoms with Crippen LogP contribution in [0.1, 0.15) is 48.9 Å². The van der Waals surface area contributed by atoms with Gasteiger partial charge in [0.15, 0.2) is 0 Å². The van der Waals surface area contributed by atoms with Crippen LogP contribution in [-0.4, -0.2) is 6.03 Å². The summed E-state index contributed by atoms with van der Waals surface area (Å²) in [6.07, 6.45) is 5.82. The van der Waals surface area contributed by atoms with Gasteiger partial charge in [-0.05, 0) is 66.3 Å². The molecule has 1 aromatic carbocycles. The van der Waals surface area contributed by atoms with Gasteiger partial charge >= 0.3 is 6.03 Å². The molecule has 1 unspecified atom stereocenters. The zero-order valence-corrected chi connectivity index (χ0v) is 13.7. The Morgan fingerprint density at radius 2 is 2.05 bits per heavy atom. The molecule has 4 heteroatoms. The topological polar surface area (TPSA) is 41.1 Å². The molecular formula is C18H22N2OS. The third-order valence-corrected chi connectivity index (χ3v) is 5.03. The van der Waals surface area contributed by atoms with Gasteiger partial charge in [0.25, 0.3) is 0 Å². The third kappa shape index (κ3) is 3.50. The Kier molecular flexibility index (Phi) is 4.78. The first kappa shape index (κ1) is 15.1. The molecule has 0 fully saturated rings. The number of urea groups is 1. The lowest BCUT2D eigenvalue weighted by Gasteiger charge is -2.21. The van der Waals surface area contributed by atoms with Crippen molar-refractivity contribution in [3.8, 4) is 0 Å². The maximum Gasteiger partial charge on any atom is 0.320 e. The molecule has 1 atom stereocenters. The summed E-state index contributed by atoms with van der Waals surface area (Å²) in [6, 6.07) is 10.5. The minimum atomic E-state index is -0.132. The van der Waals surface area contributed by atoms with E-state index >= 15 is 0 Å². The van der Waals surface area contributed by atoms with Gasteiger partial charge in [0.05, 0.1) is 11.0 Å². The second kappa shape index (κ2) is 6.97. The molecule has 22 heavy (non-hydrogen) atoms. The zero-order chi connectivity index (χ0) is 15.4. The molecule has 1 aliphatic rings. The van der Waals surface area contributed by atoms with E-state index in [2.05, 4.69) is 35.8 Å². The van der Waals surface area contributed by atoms with E-state index in [-0.39, 0.29) is 12.1 Å². The molecule has 2 N–H and O–H groups in total. The lowest BCUT2D eigenvalue weighted by molar-refractivity contribution is 0.248. The summed E-state index contributed by atoms with van der Waals surface area (Å²) in [4.78, 5) is 12.1. The Labute approximate surface area is 135 Å². The fourth-order valence-electron chi connectivity index (χ4n) is 3.05. The molecule has 3 nitrogen and oxygen atoms in total. The molecule has 0 bridgehead atoms. The van der Waals surface area contributed by atoms with E-state index in [1.165, 1.54) is 53.7 Å². The number of amides is 2. The van der Waals surface area contributed by atoms with E-state index in [0.29, 0.717) is 0 Å². The molecule has 0 saturated heterocycles. The first-order chi connectivity index (χ1) is 10.8. The lowest BCUT2D eigenvalue weighted by atomic mass is 9.89. The number of nitrogens with one attached hydrogen (secondary N) is 2. The molecule has 2 aromatic rings. The van der Waals surface area contributed by atoms with Gasteiger partial charge in [0.1, 0.15) is 0 Å². The highest BCUT2D eigenvalue weighted by atomic mass is 32.1. The maximum atomic E-state index is 12.1. The summed E-state index contributed by atoms with van der Waals surface area (Å²) in [5.41, 5.74) is 4.15. The van der Waals surface area contributed by atoms with Crippen LogP contribution in [0.3, 0.4) is 0 Å². The van der Waals surface area contributed by atoms with Gasteiger partial charge in [0.2, 0.25) is 0 Å². The van der Waals surface area contributed by atoms with Crippen molar-refractivity contribution in [2.75, 3.05) is 5.32 Å². The summed E-state index contributed by atoms with van der Waals surface area (Å²) < 4.78 is 0. The Morgan fingerprint density at radius 1 is 1.23 bits per heavy atom. The van der Waals surface area contributed by atoms with Gasteiger partial charge in [-0.15, -0.1) is 11.3 Å². The number of carbonyl (C=O) groups excluding carboxylic acids is 1. The Morgan fingerprint density at radius 3 is 2.77 bits per heavy atom. The van der Waals surface area contributed by atoms with Crippen molar-refractivity contribution in [3.63, 3.8) is 0 Å². The number of hydrogen-bond donors (Lipinski definition) is 2. The molecule has 1 aromatic heterocycles. The summed E-state index contributed by atoms with van der Waals surface area (Å²) in [6.45, 7) is 2.11. The summed E-state index contributed by atoms with van der Waals surface area (Å²) in [5.74, 6) is 0. The molecule has 0 aliphatic heterocycles. The molecule has 0 spiro atoms. The standard InChI is InChI=1S/C18H22N2OS/c1-2-16(19-18(21)20-17-8-5-11-22-17)15-10-9-13-6-3-4-7-14(13)12-15/h5,8-12,16H,2-4,6-7H2,1H3,(H2,19,20,21). The van der Waals surface area contributed by atoms with Crippen LogP contribution in [0.15, 0.2) is 35.7 Å². The van der Waals surface area contributed by atoms with Crippen LogP contribution in [0, 0.1) is 0 Å². The number of benzene rings is 1. The summed E-state index contributed by atoms with van der Waals surface area (Å²) in [7, 11) is 0. The van der Waals surface area contributed by atoms with Crippen molar-refractivity contribution < 1.29 is 4.79 Å². The van der Waals surface area contributed by atoms with Crippen LogP contribution in [0.4, 0.5) is 9.80 Å². The third-order valence-electron chi connectivity index (χ3n) is 4.25. The predicted octanol–water partition coefficient (Wildman–Crippen LogP) is 4.90. The quantitative estimate of drug-likeness (QED) is 0.828. The van der Waals surface area contributed by atoms with E-state index in [1.807, 2.05) is 17.5 Å². The van der Waals surface area contributed by atoms with Gasteiger partial charge in [-0.1, -0.05) is 25.1 Å². The van der Waals surface area contributed by atoms with Crippen molar-refractivity contribution in [1.82, 2.24) is 5.32 Å². The normalized spacial score (nSPS) is 15.0. The fraction of sp³-hybridized carbons (Fsp3) is 0.389. The number of rotatable bonds is 4. The second-order valence-corrected chi connectivity index (χ2v) is 6.72. The zero-order valence-electron chi connectivity index (χ0n) is 12.9. The Hall–Kier alpha value is -1.81. The van der Waals surface area contributed by atoms with Crippen molar-refractivity contribution in [3.05, 3.63) is 52.4 Å². The minimum Gasteiger partial charge on any atom is -0.331 e. The average Bonchev–Trinajstić information content (AvgIpc) is 3.05. The maximum absolute atomic E-state index is 12.1. The number of hydrogen-bond acceptors (Lipinski definition) is 2. The monoisotopic (exact) mass is 314 g/mol. The number of anilines is 1. The molecule has 1 heterocycles. The Bertz CT molecular complexity index is 637. The smallest absolute Gasteiger partial charge is 0.320 e. The van der Waals surface area contributed by atoms with Crippen molar-refractivity contribution in [2.24, 2.45) is 0 Å². The van der Waals surface area contributed by atoms with Crippen LogP contribution in [0.5, 0.6) is 0 Å². The highest BCUT2D eigenvalue weighted by Crippen LogP contribution is 2.26. The van der Waals surface area contributed by atoms with Crippen molar-refractivity contribution >= 4 is 22.4 Å². The number of carbonyl (C=O) groups is 1. The molecule has 116 valence electrons. The first-order valence-corrected chi connectivity index (χ1v) is 8.87. The second-order valence-electron chi connectivity index (χ2n) is 5.77. The summed E-state index contributed by atoms with van der Waals surface area (Å²) >= 11 is 1.53. The van der Waals surface area contributed by atoms with Crippen LogP contribution < -0.4 is 10.6 Å². The average molecular weight is 314 g/mol. The van der Waals surface area contributed by atoms with E-state index in [1.54, 1.807) is 0 Å². The van der Waals surface area contributed by atoms with Gasteiger partial charge in [-0.25, -0.2) is 4.79 Å². The van der Waals surface area contributed by atoms with Crippen LogP contribution in [-0.2, 0) is 12.8 Å². The number of aryl methyl sites for hydroxylation is 2. The van der Waals surface area contributed by atoms with Crippen LogP contribution in [0.25, 0.3) is 0 Å². The first-order valence-electron chi connectivity index (χ1n) is 7.99. The largest absolute Gasteiger partial charge is 0.331 e. The molecule has 0 saturated carbocycles. The highest BCUT2D eigenvalue weighted by Gasteiger charge is 2.16. The summed E-state index contributed by atoms with van der Waals surface area (Å²) in [5, 5.41) is 8.80. The lowest BCUT2D eigenvalue weighted by Crippen LogP contribution is -2.32.